The Morgan fingerprint density at radius 2 is 1.91 bits per heavy atom. The van der Waals surface area contributed by atoms with E-state index < -0.39 is 18.3 Å². The van der Waals surface area contributed by atoms with Crippen molar-refractivity contribution in [2.24, 2.45) is 0 Å². The molecule has 1 fully saturated rings. The number of nitriles is 1. The molecule has 0 spiro atoms. The van der Waals surface area contributed by atoms with E-state index in [2.05, 4.69) is 26.1 Å². The number of nitrogens with zero attached hydrogens (tertiary/aromatic N) is 8. The number of rotatable bonds is 6. The highest BCUT2D eigenvalue weighted by Crippen LogP contribution is 2.36. The number of likely N-dealkylation sites (tertiary alicyclic amines) is 1. The summed E-state index contributed by atoms with van der Waals surface area (Å²) in [5, 5.41) is 14.8. The lowest BCUT2D eigenvalue weighted by molar-refractivity contribution is -0.167. The van der Waals surface area contributed by atoms with Crippen LogP contribution in [0.5, 0.6) is 6.01 Å². The second-order valence-corrected chi connectivity index (χ2v) is 8.35. The van der Waals surface area contributed by atoms with Crippen molar-refractivity contribution in [3.63, 3.8) is 0 Å². The van der Waals surface area contributed by atoms with Gasteiger partial charge in [0.15, 0.2) is 0 Å². The second kappa shape index (κ2) is 8.59. The van der Waals surface area contributed by atoms with E-state index in [0.717, 1.165) is 5.39 Å². The maximum Gasteiger partial charge on any atom is 0.401 e. The Morgan fingerprint density at radius 3 is 2.60 bits per heavy atom. The van der Waals surface area contributed by atoms with Gasteiger partial charge in [0, 0.05) is 48.8 Å². The monoisotopic (exact) mass is 480 g/mol. The summed E-state index contributed by atoms with van der Waals surface area (Å²) in [7, 11) is 1.48. The van der Waals surface area contributed by atoms with E-state index in [9.17, 15) is 18.4 Å². The Balaban J connectivity index is 1.52. The van der Waals surface area contributed by atoms with Crippen LogP contribution in [-0.2, 0) is 5.54 Å². The van der Waals surface area contributed by atoms with E-state index in [4.69, 9.17) is 9.72 Å². The number of hydrogen-bond acceptors (Lipinski definition) is 8. The minimum atomic E-state index is -4.30. The first-order valence-electron chi connectivity index (χ1n) is 10.6. The Morgan fingerprint density at radius 1 is 1.14 bits per heavy atom. The van der Waals surface area contributed by atoms with Crippen LogP contribution in [0.4, 0.5) is 13.2 Å². The molecule has 178 valence electrons. The van der Waals surface area contributed by atoms with E-state index in [0.29, 0.717) is 28.2 Å². The molecule has 1 saturated heterocycles. The Hall–Kier alpha value is -4.11. The molecule has 35 heavy (non-hydrogen) atoms. The molecule has 12 heteroatoms. The van der Waals surface area contributed by atoms with Crippen LogP contribution in [0.3, 0.4) is 0 Å². The topological polar surface area (TPSA) is 106 Å². The van der Waals surface area contributed by atoms with E-state index in [1.807, 2.05) is 12.1 Å². The van der Waals surface area contributed by atoms with Gasteiger partial charge in [0.05, 0.1) is 37.4 Å². The zero-order valence-corrected chi connectivity index (χ0v) is 18.6. The van der Waals surface area contributed by atoms with Crippen molar-refractivity contribution in [2.75, 3.05) is 26.7 Å². The van der Waals surface area contributed by atoms with Crippen molar-refractivity contribution >= 4 is 10.9 Å². The predicted molar refractivity (Wildman–Crippen MR) is 119 cm³/mol. The van der Waals surface area contributed by atoms with Crippen molar-refractivity contribution in [3.8, 4) is 34.7 Å². The number of aromatic nitrogens is 6. The van der Waals surface area contributed by atoms with Crippen LogP contribution in [-0.4, -0.2) is 67.5 Å². The van der Waals surface area contributed by atoms with Crippen LogP contribution < -0.4 is 4.74 Å². The summed E-state index contributed by atoms with van der Waals surface area (Å²) in [6, 6.07) is 9.55. The Kier molecular flexibility index (Phi) is 5.56. The molecule has 0 bridgehead atoms. The largest absolute Gasteiger partial charge is 0.467 e. The molecular formula is C23H19F3N8O. The average molecular weight is 480 g/mol. The lowest BCUT2D eigenvalue weighted by Crippen LogP contribution is -2.64. The predicted octanol–water partition coefficient (Wildman–Crippen LogP) is 3.45. The smallest absolute Gasteiger partial charge is 0.401 e. The molecule has 0 aromatic carbocycles. The lowest BCUT2D eigenvalue weighted by Gasteiger charge is -2.49. The third-order valence-corrected chi connectivity index (χ3v) is 5.87. The third kappa shape index (κ3) is 4.38. The van der Waals surface area contributed by atoms with Crippen molar-refractivity contribution in [3.05, 3.63) is 49.1 Å². The SMILES string of the molecule is COc1ncc(-c2cc3ncccc3c(-c3ccn(C4(CC#N)CN(CC(F)(F)F)C4)n3)n2)cn1. The highest BCUT2D eigenvalue weighted by atomic mass is 19.4. The normalized spacial score (nSPS) is 15.5. The number of halogens is 3. The first-order chi connectivity index (χ1) is 16.8. The van der Waals surface area contributed by atoms with Crippen LogP contribution in [0.15, 0.2) is 49.1 Å². The van der Waals surface area contributed by atoms with Crippen molar-refractivity contribution in [2.45, 2.75) is 18.1 Å². The van der Waals surface area contributed by atoms with Gasteiger partial charge in [-0.2, -0.15) is 23.5 Å². The number of pyridine rings is 2. The summed E-state index contributed by atoms with van der Waals surface area (Å²) in [4.78, 5) is 18.8. The minimum absolute atomic E-state index is 0.0431. The van der Waals surface area contributed by atoms with Crippen molar-refractivity contribution < 1.29 is 17.9 Å². The summed E-state index contributed by atoms with van der Waals surface area (Å²) in [6.45, 7) is -0.849. The zero-order valence-electron chi connectivity index (χ0n) is 18.6. The molecule has 4 aromatic heterocycles. The molecule has 0 N–H and O–H groups in total. The van der Waals surface area contributed by atoms with Gasteiger partial charge in [-0.05, 0) is 24.3 Å². The first kappa shape index (κ1) is 22.7. The van der Waals surface area contributed by atoms with Crippen LogP contribution in [0.2, 0.25) is 0 Å². The second-order valence-electron chi connectivity index (χ2n) is 8.35. The van der Waals surface area contributed by atoms with Crippen LogP contribution in [0, 0.1) is 11.3 Å². The zero-order chi connectivity index (χ0) is 24.6. The number of methoxy groups -OCH3 is 1. The summed E-state index contributed by atoms with van der Waals surface area (Å²) in [6.07, 6.45) is 2.29. The van der Waals surface area contributed by atoms with Gasteiger partial charge in [0.1, 0.15) is 16.9 Å². The number of fused-ring (bicyclic) bond motifs is 1. The van der Waals surface area contributed by atoms with Gasteiger partial charge >= 0.3 is 12.2 Å². The van der Waals surface area contributed by atoms with Gasteiger partial charge in [-0.15, -0.1) is 0 Å². The van der Waals surface area contributed by atoms with Gasteiger partial charge in [-0.1, -0.05) is 0 Å². The molecule has 0 aliphatic carbocycles. The van der Waals surface area contributed by atoms with Crippen molar-refractivity contribution in [1.29, 1.82) is 5.26 Å². The summed E-state index contributed by atoms with van der Waals surface area (Å²) < 4.78 is 45.0. The van der Waals surface area contributed by atoms with Gasteiger partial charge in [0.2, 0.25) is 0 Å². The molecular weight excluding hydrogens is 461 g/mol. The maximum absolute atomic E-state index is 12.8. The summed E-state index contributed by atoms with van der Waals surface area (Å²) in [5.74, 6) is 0. The molecule has 1 aliphatic rings. The standard InChI is InChI=1S/C23H19F3N8O/c1-35-21-29-10-15(11-30-21)18-9-19-16(3-2-7-28-19)20(31-18)17-4-8-34(32-17)22(5-6-27)12-33(13-22)14-23(24,25)26/h2-4,7-11H,5,12-14H2,1H3. The minimum Gasteiger partial charge on any atom is -0.467 e. The maximum atomic E-state index is 12.8. The molecule has 0 atom stereocenters. The number of alkyl halides is 3. The molecule has 5 rings (SSSR count). The van der Waals surface area contributed by atoms with E-state index >= 15 is 0 Å². The molecule has 0 unspecified atom stereocenters. The molecule has 0 saturated carbocycles. The van der Waals surface area contributed by atoms with Crippen LogP contribution in [0.25, 0.3) is 33.5 Å². The fourth-order valence-corrected chi connectivity index (χ4v) is 4.32. The van der Waals surface area contributed by atoms with Crippen LogP contribution in [0.1, 0.15) is 6.42 Å². The Bertz CT molecular complexity index is 1410. The average Bonchev–Trinajstić information content (AvgIpc) is 3.31. The summed E-state index contributed by atoms with van der Waals surface area (Å²) >= 11 is 0. The van der Waals surface area contributed by atoms with E-state index in [1.165, 1.54) is 12.0 Å². The number of hydrogen-bond donors (Lipinski definition) is 0. The molecule has 0 radical (unpaired) electrons. The fraction of sp³-hybridized carbons (Fsp3) is 0.304. The Labute approximate surface area is 197 Å². The van der Waals surface area contributed by atoms with Crippen LogP contribution >= 0.6 is 0 Å². The highest BCUT2D eigenvalue weighted by Gasteiger charge is 2.48. The molecule has 5 heterocycles. The van der Waals surface area contributed by atoms with E-state index in [-0.39, 0.29) is 25.5 Å². The van der Waals surface area contributed by atoms with Gasteiger partial charge in [-0.25, -0.2) is 15.0 Å². The van der Waals surface area contributed by atoms with E-state index in [1.54, 1.807) is 41.6 Å². The molecule has 1 aliphatic heterocycles. The lowest BCUT2D eigenvalue weighted by atomic mass is 9.87. The summed E-state index contributed by atoms with van der Waals surface area (Å²) in [5.41, 5.74) is 2.17. The molecule has 4 aromatic rings. The fourth-order valence-electron chi connectivity index (χ4n) is 4.32. The molecule has 9 nitrogen and oxygen atoms in total. The first-order valence-corrected chi connectivity index (χ1v) is 10.6. The van der Waals surface area contributed by atoms with Gasteiger partial charge in [-0.3, -0.25) is 14.6 Å². The third-order valence-electron chi connectivity index (χ3n) is 5.87. The van der Waals surface area contributed by atoms with Crippen molar-refractivity contribution in [1.82, 2.24) is 34.6 Å². The highest BCUT2D eigenvalue weighted by molar-refractivity contribution is 5.93. The quantitative estimate of drug-likeness (QED) is 0.413. The number of ether oxygens (including phenoxy) is 1. The van der Waals surface area contributed by atoms with Gasteiger partial charge < -0.3 is 4.74 Å². The van der Waals surface area contributed by atoms with Gasteiger partial charge in [0.25, 0.3) is 0 Å². The molecule has 0 amide bonds.